The zero-order chi connectivity index (χ0) is 6.69. The van der Waals surface area contributed by atoms with Gasteiger partial charge in [0.15, 0.2) is 0 Å². The van der Waals surface area contributed by atoms with Crippen molar-refractivity contribution in [1.82, 2.24) is 0 Å². The summed E-state index contributed by atoms with van der Waals surface area (Å²) in [5, 5.41) is 1.43. The van der Waals surface area contributed by atoms with Crippen LogP contribution in [0.4, 0.5) is 0 Å². The molecule has 0 amide bonds. The minimum atomic E-state index is 1.15. The molecule has 0 saturated carbocycles. The van der Waals surface area contributed by atoms with E-state index in [4.69, 9.17) is 0 Å². The number of hydrogen-bond acceptors (Lipinski definition) is 0. The van der Waals surface area contributed by atoms with Crippen molar-refractivity contribution < 1.29 is 0 Å². The van der Waals surface area contributed by atoms with E-state index in [0.29, 0.717) is 0 Å². The lowest BCUT2D eigenvalue weighted by atomic mass is 10.2. The van der Waals surface area contributed by atoms with Crippen molar-refractivity contribution in [1.29, 1.82) is 0 Å². The van der Waals surface area contributed by atoms with Gasteiger partial charge in [0.2, 0.25) is 0 Å². The fourth-order valence-corrected chi connectivity index (χ4v) is 1.41. The summed E-state index contributed by atoms with van der Waals surface area (Å²) < 4.78 is 0. The van der Waals surface area contributed by atoms with Crippen molar-refractivity contribution >= 4 is 15.4 Å². The quantitative estimate of drug-likeness (QED) is 0.492. The predicted octanol–water partition coefficient (Wildman–Crippen LogP) is 0.507. The van der Waals surface area contributed by atoms with Crippen LogP contribution < -0.4 is 5.19 Å². The zero-order valence-corrected chi connectivity index (χ0v) is 7.14. The number of aryl methyl sites for hydroxylation is 1. The van der Waals surface area contributed by atoms with Gasteiger partial charge >= 0.3 is 0 Å². The average Bonchev–Trinajstić information content (AvgIpc) is 1.89. The van der Waals surface area contributed by atoms with Crippen molar-refractivity contribution in [2.24, 2.45) is 0 Å². The Morgan fingerprint density at radius 1 is 1.33 bits per heavy atom. The number of hydrogen-bond donors (Lipinski definition) is 0. The SMILES string of the molecule is CCc1ccccc1[SiH2]. The summed E-state index contributed by atoms with van der Waals surface area (Å²) in [5.41, 5.74) is 1.47. The fourth-order valence-electron chi connectivity index (χ4n) is 0.902. The summed E-state index contributed by atoms with van der Waals surface area (Å²) in [6.45, 7) is 2.19. The molecule has 47 valence electrons. The third-order valence-corrected chi connectivity index (χ3v) is 2.19. The van der Waals surface area contributed by atoms with Crippen molar-refractivity contribution in [2.45, 2.75) is 13.3 Å². The molecule has 9 heavy (non-hydrogen) atoms. The van der Waals surface area contributed by atoms with Crippen LogP contribution in [0.1, 0.15) is 12.5 Å². The summed E-state index contributed by atoms with van der Waals surface area (Å²) >= 11 is 0. The summed E-state index contributed by atoms with van der Waals surface area (Å²) in [7, 11) is 1.96. The Kier molecular flexibility index (Phi) is 2.06. The Bertz CT molecular complexity index is 194. The molecule has 0 aliphatic heterocycles. The van der Waals surface area contributed by atoms with E-state index in [9.17, 15) is 0 Å². The second kappa shape index (κ2) is 2.83. The minimum Gasteiger partial charge on any atom is -0.0666 e. The largest absolute Gasteiger partial charge is 0.0666 e. The molecule has 0 unspecified atom stereocenters. The third-order valence-electron chi connectivity index (χ3n) is 1.50. The van der Waals surface area contributed by atoms with Gasteiger partial charge in [0, 0.05) is 10.2 Å². The first-order valence-corrected chi connectivity index (χ1v) is 3.95. The lowest BCUT2D eigenvalue weighted by molar-refractivity contribution is 1.15. The fraction of sp³-hybridized carbons (Fsp3) is 0.250. The Hall–Kier alpha value is -0.563. The highest BCUT2D eigenvalue weighted by molar-refractivity contribution is 6.33. The molecular formula is C8H11Si. The van der Waals surface area contributed by atoms with Crippen molar-refractivity contribution in [2.75, 3.05) is 0 Å². The van der Waals surface area contributed by atoms with Gasteiger partial charge in [0.25, 0.3) is 0 Å². The van der Waals surface area contributed by atoms with Crippen molar-refractivity contribution in [3.8, 4) is 0 Å². The van der Waals surface area contributed by atoms with Crippen LogP contribution in [0.15, 0.2) is 24.3 Å². The van der Waals surface area contributed by atoms with Crippen LogP contribution >= 0.6 is 0 Å². The maximum absolute atomic E-state index is 2.19. The normalized spacial score (nSPS) is 9.56. The van der Waals surface area contributed by atoms with Crippen LogP contribution in [0.2, 0.25) is 0 Å². The molecule has 0 saturated heterocycles. The lowest BCUT2D eigenvalue weighted by Gasteiger charge is -1.98. The number of rotatable bonds is 1. The maximum Gasteiger partial charge on any atom is 0.0480 e. The van der Waals surface area contributed by atoms with Gasteiger partial charge in [0.05, 0.1) is 0 Å². The molecule has 0 atom stereocenters. The van der Waals surface area contributed by atoms with E-state index in [-0.39, 0.29) is 0 Å². The first-order valence-electron chi connectivity index (χ1n) is 3.24. The van der Waals surface area contributed by atoms with Gasteiger partial charge < -0.3 is 0 Å². The molecule has 1 aromatic carbocycles. The number of benzene rings is 1. The smallest absolute Gasteiger partial charge is 0.0480 e. The van der Waals surface area contributed by atoms with Gasteiger partial charge in [-0.05, 0) is 12.0 Å². The van der Waals surface area contributed by atoms with Crippen molar-refractivity contribution in [3.05, 3.63) is 29.8 Å². The highest BCUT2D eigenvalue weighted by Crippen LogP contribution is 1.93. The molecule has 0 aromatic heterocycles. The van der Waals surface area contributed by atoms with E-state index in [0.717, 1.165) is 6.42 Å². The van der Waals surface area contributed by atoms with Gasteiger partial charge in [0.1, 0.15) is 0 Å². The highest BCUT2D eigenvalue weighted by atomic mass is 28.1. The molecule has 1 rings (SSSR count). The topological polar surface area (TPSA) is 0 Å². The van der Waals surface area contributed by atoms with Crippen LogP contribution in [0, 0.1) is 0 Å². The second-order valence-corrected chi connectivity index (χ2v) is 2.88. The van der Waals surface area contributed by atoms with Gasteiger partial charge in [-0.25, -0.2) is 0 Å². The zero-order valence-electron chi connectivity index (χ0n) is 5.72. The van der Waals surface area contributed by atoms with Gasteiger partial charge in [-0.15, -0.1) is 0 Å². The van der Waals surface area contributed by atoms with Gasteiger partial charge in [-0.1, -0.05) is 36.4 Å². The molecule has 0 heterocycles. The summed E-state index contributed by atoms with van der Waals surface area (Å²) in [4.78, 5) is 0. The molecule has 0 aliphatic carbocycles. The Labute approximate surface area is 59.3 Å². The first-order chi connectivity index (χ1) is 4.34. The average molecular weight is 135 g/mol. The molecule has 0 nitrogen and oxygen atoms in total. The summed E-state index contributed by atoms with van der Waals surface area (Å²) in [6.07, 6.45) is 1.15. The van der Waals surface area contributed by atoms with Gasteiger partial charge in [-0.3, -0.25) is 0 Å². The third kappa shape index (κ3) is 1.42. The first kappa shape index (κ1) is 6.56. The van der Waals surface area contributed by atoms with Crippen LogP contribution in [0.25, 0.3) is 0 Å². The molecule has 1 heteroatoms. The van der Waals surface area contributed by atoms with Crippen molar-refractivity contribution in [3.63, 3.8) is 0 Å². The van der Waals surface area contributed by atoms with E-state index in [2.05, 4.69) is 31.2 Å². The Balaban J connectivity index is 3.01. The van der Waals surface area contributed by atoms with E-state index in [1.807, 2.05) is 10.2 Å². The van der Waals surface area contributed by atoms with E-state index >= 15 is 0 Å². The molecule has 1 aromatic rings. The van der Waals surface area contributed by atoms with Crippen LogP contribution in [-0.2, 0) is 6.42 Å². The second-order valence-electron chi connectivity index (χ2n) is 2.12. The molecule has 0 spiro atoms. The van der Waals surface area contributed by atoms with E-state index in [1.54, 1.807) is 0 Å². The van der Waals surface area contributed by atoms with Crippen LogP contribution in [0.5, 0.6) is 0 Å². The summed E-state index contributed by atoms with van der Waals surface area (Å²) in [6, 6.07) is 8.53. The molecule has 0 bridgehead atoms. The highest BCUT2D eigenvalue weighted by Gasteiger charge is 1.89. The molecule has 0 fully saturated rings. The molecule has 0 N–H and O–H groups in total. The maximum atomic E-state index is 2.19. The van der Waals surface area contributed by atoms with Crippen LogP contribution in [0.3, 0.4) is 0 Å². The minimum absolute atomic E-state index is 1.15. The molecule has 0 aliphatic rings. The predicted molar refractivity (Wildman–Crippen MR) is 44.0 cm³/mol. The molecular weight excluding hydrogens is 124 g/mol. The molecule has 1 radical (unpaired) electrons. The standard InChI is InChI=1S/C8H11Si/c1-2-7-5-3-4-6-8(7)9/h3-6H,2,9H2,1H3. The lowest BCUT2D eigenvalue weighted by Crippen LogP contribution is -2.07. The Morgan fingerprint density at radius 3 is 2.44 bits per heavy atom. The monoisotopic (exact) mass is 135 g/mol. The van der Waals surface area contributed by atoms with E-state index in [1.165, 1.54) is 10.8 Å². The Morgan fingerprint density at radius 2 is 2.00 bits per heavy atom. The van der Waals surface area contributed by atoms with Gasteiger partial charge in [-0.2, -0.15) is 0 Å². The summed E-state index contributed by atoms with van der Waals surface area (Å²) in [5.74, 6) is 0. The van der Waals surface area contributed by atoms with Crippen LogP contribution in [-0.4, -0.2) is 10.2 Å². The van der Waals surface area contributed by atoms with E-state index < -0.39 is 0 Å².